The number of aromatic amines is 1. The molecule has 1 aromatic rings. The fourth-order valence-electron chi connectivity index (χ4n) is 1.97. The van der Waals surface area contributed by atoms with E-state index in [0.29, 0.717) is 19.8 Å². The normalized spacial score (nSPS) is 23.8. The van der Waals surface area contributed by atoms with E-state index in [1.54, 1.807) is 12.4 Å². The second-order valence-electron chi connectivity index (χ2n) is 4.12. The molecule has 0 radical (unpaired) electrons. The van der Waals surface area contributed by atoms with Gasteiger partial charge in [-0.1, -0.05) is 0 Å². The van der Waals surface area contributed by atoms with Crippen molar-refractivity contribution < 1.29 is 9.53 Å². The van der Waals surface area contributed by atoms with Gasteiger partial charge in [0.25, 0.3) is 0 Å². The number of H-pyrrole nitrogens is 1. The van der Waals surface area contributed by atoms with E-state index in [0.717, 1.165) is 12.2 Å². The van der Waals surface area contributed by atoms with Crippen molar-refractivity contribution in [1.82, 2.24) is 20.6 Å². The van der Waals surface area contributed by atoms with E-state index in [-0.39, 0.29) is 17.9 Å². The van der Waals surface area contributed by atoms with Crippen LogP contribution in [0.1, 0.15) is 5.82 Å². The summed E-state index contributed by atoms with van der Waals surface area (Å²) >= 11 is 0. The predicted molar refractivity (Wildman–Crippen MR) is 62.5 cm³/mol. The summed E-state index contributed by atoms with van der Waals surface area (Å²) in [5, 5.41) is 6.00. The van der Waals surface area contributed by atoms with Crippen LogP contribution in [0.4, 0.5) is 0 Å². The molecular weight excluding hydrogens is 220 g/mol. The minimum atomic E-state index is -0.0865. The zero-order chi connectivity index (χ0) is 12.1. The monoisotopic (exact) mass is 238 g/mol. The van der Waals surface area contributed by atoms with E-state index in [4.69, 9.17) is 4.74 Å². The molecule has 1 amide bonds. The number of rotatable bonds is 5. The number of carbonyl (C=O) groups is 1. The molecule has 0 aliphatic carbocycles. The van der Waals surface area contributed by atoms with Crippen molar-refractivity contribution in [2.45, 2.75) is 12.5 Å². The Morgan fingerprint density at radius 2 is 2.53 bits per heavy atom. The van der Waals surface area contributed by atoms with Crippen LogP contribution in [0.3, 0.4) is 0 Å². The quantitative estimate of drug-likeness (QED) is 0.634. The van der Waals surface area contributed by atoms with Gasteiger partial charge in [0, 0.05) is 31.4 Å². The highest BCUT2D eigenvalue weighted by atomic mass is 16.5. The Balaban J connectivity index is 1.73. The van der Waals surface area contributed by atoms with Crippen LogP contribution in [0.5, 0.6) is 0 Å². The first-order valence-corrected chi connectivity index (χ1v) is 5.82. The van der Waals surface area contributed by atoms with Gasteiger partial charge in [-0.3, -0.25) is 4.79 Å². The second-order valence-corrected chi connectivity index (χ2v) is 4.12. The van der Waals surface area contributed by atoms with Crippen molar-refractivity contribution in [1.29, 1.82) is 0 Å². The first kappa shape index (κ1) is 12.1. The van der Waals surface area contributed by atoms with Crippen LogP contribution in [0.2, 0.25) is 0 Å². The van der Waals surface area contributed by atoms with E-state index in [1.165, 1.54) is 0 Å². The van der Waals surface area contributed by atoms with Gasteiger partial charge in [0.1, 0.15) is 5.82 Å². The van der Waals surface area contributed by atoms with Crippen LogP contribution in [0.25, 0.3) is 0 Å². The lowest BCUT2D eigenvalue weighted by atomic mass is 10.0. The Bertz CT molecular complexity index is 352. The molecule has 3 N–H and O–H groups in total. The Morgan fingerprint density at radius 3 is 3.24 bits per heavy atom. The zero-order valence-corrected chi connectivity index (χ0v) is 9.90. The fraction of sp³-hybridized carbons (Fsp3) is 0.636. The molecule has 1 aliphatic rings. The lowest BCUT2D eigenvalue weighted by Crippen LogP contribution is -2.43. The smallest absolute Gasteiger partial charge is 0.227 e. The molecule has 6 nitrogen and oxygen atoms in total. The summed E-state index contributed by atoms with van der Waals surface area (Å²) in [6, 6.07) is 0.124. The molecule has 6 heteroatoms. The summed E-state index contributed by atoms with van der Waals surface area (Å²) in [6.07, 6.45) is 4.20. The first-order chi connectivity index (χ1) is 8.31. The number of nitrogens with zero attached hydrogens (tertiary/aromatic N) is 1. The van der Waals surface area contributed by atoms with E-state index in [9.17, 15) is 4.79 Å². The van der Waals surface area contributed by atoms with E-state index in [2.05, 4.69) is 20.6 Å². The number of aromatic nitrogens is 2. The van der Waals surface area contributed by atoms with Gasteiger partial charge in [-0.15, -0.1) is 0 Å². The molecule has 2 rings (SSSR count). The molecule has 0 bridgehead atoms. The minimum Gasteiger partial charge on any atom is -0.379 e. The van der Waals surface area contributed by atoms with Crippen LogP contribution in [-0.4, -0.2) is 48.7 Å². The number of nitrogens with one attached hydrogen (secondary N) is 3. The second kappa shape index (κ2) is 5.79. The van der Waals surface area contributed by atoms with Crippen LogP contribution in [0, 0.1) is 5.92 Å². The molecule has 0 aromatic carbocycles. The highest BCUT2D eigenvalue weighted by Gasteiger charge is 2.32. The number of hydrogen-bond donors (Lipinski definition) is 3. The third kappa shape index (κ3) is 3.04. The Morgan fingerprint density at radius 1 is 1.65 bits per heavy atom. The highest BCUT2D eigenvalue weighted by Crippen LogP contribution is 2.13. The standard InChI is InChI=1S/C11H18N4O2/c1-12-9-7-17-6-8(9)11(16)15-3-2-10-13-4-5-14-10/h4-5,8-9,12H,2-3,6-7H2,1H3,(H,13,14)(H,15,16). The summed E-state index contributed by atoms with van der Waals surface area (Å²) in [7, 11) is 1.85. The van der Waals surface area contributed by atoms with Gasteiger partial charge in [-0.25, -0.2) is 4.98 Å². The van der Waals surface area contributed by atoms with Crippen molar-refractivity contribution in [3.8, 4) is 0 Å². The maximum atomic E-state index is 11.9. The van der Waals surface area contributed by atoms with Crippen molar-refractivity contribution in [3.63, 3.8) is 0 Å². The van der Waals surface area contributed by atoms with Gasteiger partial charge in [0.15, 0.2) is 0 Å². The Labute approximate surface area is 100 Å². The van der Waals surface area contributed by atoms with Gasteiger partial charge in [-0.2, -0.15) is 0 Å². The largest absolute Gasteiger partial charge is 0.379 e. The number of hydrogen-bond acceptors (Lipinski definition) is 4. The van der Waals surface area contributed by atoms with Crippen LogP contribution >= 0.6 is 0 Å². The molecule has 17 heavy (non-hydrogen) atoms. The van der Waals surface area contributed by atoms with Crippen LogP contribution in [-0.2, 0) is 16.0 Å². The predicted octanol–water partition coefficient (Wildman–Crippen LogP) is -0.697. The third-order valence-corrected chi connectivity index (χ3v) is 3.00. The molecule has 2 heterocycles. The van der Waals surface area contributed by atoms with Crippen molar-refractivity contribution in [2.24, 2.45) is 5.92 Å². The molecule has 2 atom stereocenters. The topological polar surface area (TPSA) is 79.0 Å². The SMILES string of the molecule is CNC1COCC1C(=O)NCCc1ncc[nH]1. The molecule has 0 saturated carbocycles. The summed E-state index contributed by atoms with van der Waals surface area (Å²) in [4.78, 5) is 19.0. The Hall–Kier alpha value is -1.40. The average Bonchev–Trinajstić information content (AvgIpc) is 2.99. The average molecular weight is 238 g/mol. The first-order valence-electron chi connectivity index (χ1n) is 5.82. The summed E-state index contributed by atoms with van der Waals surface area (Å²) < 4.78 is 5.29. The lowest BCUT2D eigenvalue weighted by Gasteiger charge is -2.16. The van der Waals surface area contributed by atoms with Gasteiger partial charge in [-0.05, 0) is 7.05 Å². The number of ether oxygens (including phenoxy) is 1. The zero-order valence-electron chi connectivity index (χ0n) is 9.90. The number of likely N-dealkylation sites (N-methyl/N-ethyl adjacent to an activating group) is 1. The van der Waals surface area contributed by atoms with E-state index in [1.807, 2.05) is 7.05 Å². The summed E-state index contributed by atoms with van der Waals surface area (Å²) in [6.45, 7) is 1.70. The number of amides is 1. The fourth-order valence-corrected chi connectivity index (χ4v) is 1.97. The minimum absolute atomic E-state index is 0.0495. The van der Waals surface area contributed by atoms with Gasteiger partial charge < -0.3 is 20.4 Å². The van der Waals surface area contributed by atoms with Crippen LogP contribution < -0.4 is 10.6 Å². The molecule has 1 fully saturated rings. The third-order valence-electron chi connectivity index (χ3n) is 3.00. The molecule has 94 valence electrons. The molecule has 1 aromatic heterocycles. The lowest BCUT2D eigenvalue weighted by molar-refractivity contribution is -0.125. The van der Waals surface area contributed by atoms with Gasteiger partial charge in [0.05, 0.1) is 19.1 Å². The van der Waals surface area contributed by atoms with Crippen molar-refractivity contribution >= 4 is 5.91 Å². The van der Waals surface area contributed by atoms with E-state index < -0.39 is 0 Å². The van der Waals surface area contributed by atoms with Gasteiger partial charge in [0.2, 0.25) is 5.91 Å². The van der Waals surface area contributed by atoms with Crippen molar-refractivity contribution in [3.05, 3.63) is 18.2 Å². The highest BCUT2D eigenvalue weighted by molar-refractivity contribution is 5.79. The molecule has 1 aliphatic heterocycles. The number of carbonyl (C=O) groups excluding carboxylic acids is 1. The number of imidazole rings is 1. The summed E-state index contributed by atoms with van der Waals surface area (Å²) in [5.74, 6) is 0.850. The summed E-state index contributed by atoms with van der Waals surface area (Å²) in [5.41, 5.74) is 0. The van der Waals surface area contributed by atoms with Gasteiger partial charge >= 0.3 is 0 Å². The molecule has 1 saturated heterocycles. The Kier molecular flexibility index (Phi) is 4.11. The maximum Gasteiger partial charge on any atom is 0.227 e. The molecule has 2 unspecified atom stereocenters. The van der Waals surface area contributed by atoms with Crippen molar-refractivity contribution in [2.75, 3.05) is 26.8 Å². The molecular formula is C11H18N4O2. The molecule has 0 spiro atoms. The van der Waals surface area contributed by atoms with E-state index >= 15 is 0 Å². The van der Waals surface area contributed by atoms with Crippen LogP contribution in [0.15, 0.2) is 12.4 Å². The maximum absolute atomic E-state index is 11.9.